The van der Waals surface area contributed by atoms with Crippen LogP contribution in [0.4, 0.5) is 5.69 Å². The molecule has 1 aromatic heterocycles. The van der Waals surface area contributed by atoms with E-state index >= 15 is 0 Å². The van der Waals surface area contributed by atoms with Crippen LogP contribution >= 0.6 is 15.9 Å². The Hall–Kier alpha value is -1.95. The van der Waals surface area contributed by atoms with E-state index in [1.165, 1.54) is 6.20 Å². The molecular weight excluding hydrogens is 324 g/mol. The molecule has 2 aromatic rings. The van der Waals surface area contributed by atoms with E-state index < -0.39 is 4.92 Å². The Kier molecular flexibility index (Phi) is 4.04. The van der Waals surface area contributed by atoms with Crippen molar-refractivity contribution in [2.45, 2.75) is 20.8 Å². The second-order valence-electron chi connectivity index (χ2n) is 4.51. The Balaban J connectivity index is 2.45. The van der Waals surface area contributed by atoms with Gasteiger partial charge in [0.2, 0.25) is 0 Å². The van der Waals surface area contributed by atoms with Gasteiger partial charge in [0.15, 0.2) is 0 Å². The summed E-state index contributed by atoms with van der Waals surface area (Å²) in [4.78, 5) is 14.6. The van der Waals surface area contributed by atoms with Gasteiger partial charge in [0.1, 0.15) is 5.75 Å². The number of nitrogens with zero attached hydrogens (tertiary/aromatic N) is 2. The summed E-state index contributed by atoms with van der Waals surface area (Å²) in [6, 6.07) is 5.21. The predicted molar refractivity (Wildman–Crippen MR) is 79.3 cm³/mol. The number of pyridine rings is 1. The number of nitro groups is 1. The molecular formula is C14H13BrN2O3. The Morgan fingerprint density at radius 3 is 2.35 bits per heavy atom. The molecule has 0 fully saturated rings. The Labute approximate surface area is 124 Å². The third-order valence-electron chi connectivity index (χ3n) is 2.90. The van der Waals surface area contributed by atoms with Crippen LogP contribution in [0.1, 0.15) is 16.7 Å². The molecule has 0 bridgehead atoms. The summed E-state index contributed by atoms with van der Waals surface area (Å²) in [5.41, 5.74) is 2.40. The molecule has 1 aromatic carbocycles. The number of halogens is 1. The van der Waals surface area contributed by atoms with Gasteiger partial charge in [0.05, 0.1) is 4.92 Å². The summed E-state index contributed by atoms with van der Waals surface area (Å²) in [5, 5.41) is 11.1. The molecule has 0 atom stereocenters. The van der Waals surface area contributed by atoms with Crippen LogP contribution in [-0.2, 0) is 0 Å². The Bertz CT molecular complexity index is 663. The highest BCUT2D eigenvalue weighted by molar-refractivity contribution is 9.10. The van der Waals surface area contributed by atoms with Gasteiger partial charge in [-0.2, -0.15) is 0 Å². The normalized spacial score (nSPS) is 10.4. The van der Waals surface area contributed by atoms with Gasteiger partial charge in [-0.15, -0.1) is 0 Å². The van der Waals surface area contributed by atoms with E-state index in [4.69, 9.17) is 4.74 Å². The molecule has 0 saturated carbocycles. The molecule has 1 heterocycles. The standard InChI is InChI=1S/C14H13BrN2O3/c1-8-4-5-16-14(13(8)17(18)19)20-11-6-9(2)12(15)10(3)7-11/h4-7H,1-3H3. The lowest BCUT2D eigenvalue weighted by atomic mass is 10.1. The van der Waals surface area contributed by atoms with E-state index in [0.717, 1.165) is 15.6 Å². The minimum atomic E-state index is -0.476. The number of hydrogen-bond donors (Lipinski definition) is 0. The molecule has 0 unspecified atom stereocenters. The van der Waals surface area contributed by atoms with Crippen molar-refractivity contribution in [1.82, 2.24) is 4.98 Å². The van der Waals surface area contributed by atoms with E-state index in [2.05, 4.69) is 20.9 Å². The van der Waals surface area contributed by atoms with Crippen molar-refractivity contribution < 1.29 is 9.66 Å². The van der Waals surface area contributed by atoms with Gasteiger partial charge in [-0.25, -0.2) is 4.98 Å². The average molecular weight is 337 g/mol. The summed E-state index contributed by atoms with van der Waals surface area (Å²) in [7, 11) is 0. The van der Waals surface area contributed by atoms with E-state index in [-0.39, 0.29) is 11.6 Å². The second kappa shape index (κ2) is 5.58. The number of hydrogen-bond acceptors (Lipinski definition) is 4. The largest absolute Gasteiger partial charge is 0.434 e. The summed E-state index contributed by atoms with van der Waals surface area (Å²) >= 11 is 3.47. The first kappa shape index (κ1) is 14.5. The molecule has 20 heavy (non-hydrogen) atoms. The fourth-order valence-corrected chi connectivity index (χ4v) is 2.13. The number of aryl methyl sites for hydroxylation is 3. The summed E-state index contributed by atoms with van der Waals surface area (Å²) in [6.07, 6.45) is 1.50. The average Bonchev–Trinajstić information content (AvgIpc) is 2.35. The molecule has 0 aliphatic carbocycles. The van der Waals surface area contributed by atoms with Crippen LogP contribution in [0.3, 0.4) is 0 Å². The maximum Gasteiger partial charge on any atom is 0.334 e. The molecule has 0 radical (unpaired) electrons. The lowest BCUT2D eigenvalue weighted by molar-refractivity contribution is -0.386. The highest BCUT2D eigenvalue weighted by atomic mass is 79.9. The van der Waals surface area contributed by atoms with Crippen LogP contribution in [0.2, 0.25) is 0 Å². The first-order valence-corrected chi connectivity index (χ1v) is 6.74. The molecule has 6 heteroatoms. The van der Waals surface area contributed by atoms with Crippen LogP contribution in [0.15, 0.2) is 28.9 Å². The van der Waals surface area contributed by atoms with Gasteiger partial charge >= 0.3 is 5.69 Å². The molecule has 104 valence electrons. The Morgan fingerprint density at radius 1 is 1.20 bits per heavy atom. The molecule has 0 aliphatic heterocycles. The zero-order valence-electron chi connectivity index (χ0n) is 11.3. The molecule has 2 rings (SSSR count). The maximum absolute atomic E-state index is 11.1. The highest BCUT2D eigenvalue weighted by Gasteiger charge is 2.20. The Morgan fingerprint density at radius 2 is 1.80 bits per heavy atom. The molecule has 0 N–H and O–H groups in total. The smallest absolute Gasteiger partial charge is 0.334 e. The summed E-state index contributed by atoms with van der Waals surface area (Å²) in [5.74, 6) is 0.542. The van der Waals surface area contributed by atoms with E-state index in [9.17, 15) is 10.1 Å². The molecule has 5 nitrogen and oxygen atoms in total. The fourth-order valence-electron chi connectivity index (χ4n) is 1.90. The third kappa shape index (κ3) is 2.80. The number of aromatic nitrogens is 1. The molecule has 0 spiro atoms. The minimum absolute atomic E-state index is 0.0103. The second-order valence-corrected chi connectivity index (χ2v) is 5.30. The number of rotatable bonds is 3. The van der Waals surface area contributed by atoms with Crippen LogP contribution < -0.4 is 4.74 Å². The van der Waals surface area contributed by atoms with Crippen molar-refractivity contribution in [1.29, 1.82) is 0 Å². The van der Waals surface area contributed by atoms with Crippen molar-refractivity contribution in [3.63, 3.8) is 0 Å². The quantitative estimate of drug-likeness (QED) is 0.612. The third-order valence-corrected chi connectivity index (χ3v) is 4.15. The van der Waals surface area contributed by atoms with E-state index in [0.29, 0.717) is 11.3 Å². The van der Waals surface area contributed by atoms with Gasteiger partial charge in [-0.1, -0.05) is 15.9 Å². The van der Waals surface area contributed by atoms with Crippen LogP contribution in [0.5, 0.6) is 11.6 Å². The summed E-state index contributed by atoms with van der Waals surface area (Å²) < 4.78 is 6.59. The van der Waals surface area contributed by atoms with Crippen molar-refractivity contribution in [3.8, 4) is 11.6 Å². The minimum Gasteiger partial charge on any atom is -0.434 e. The van der Waals surface area contributed by atoms with Crippen molar-refractivity contribution in [2.75, 3.05) is 0 Å². The molecule has 0 saturated heterocycles. The number of ether oxygens (including phenoxy) is 1. The van der Waals surface area contributed by atoms with Gasteiger partial charge < -0.3 is 4.74 Å². The van der Waals surface area contributed by atoms with Gasteiger partial charge in [-0.3, -0.25) is 10.1 Å². The zero-order chi connectivity index (χ0) is 14.9. The van der Waals surface area contributed by atoms with Crippen molar-refractivity contribution >= 4 is 21.6 Å². The van der Waals surface area contributed by atoms with Gasteiger partial charge in [0, 0.05) is 16.2 Å². The van der Waals surface area contributed by atoms with Crippen LogP contribution in [0.25, 0.3) is 0 Å². The monoisotopic (exact) mass is 336 g/mol. The van der Waals surface area contributed by atoms with E-state index in [1.807, 2.05) is 26.0 Å². The lowest BCUT2D eigenvalue weighted by Gasteiger charge is -2.10. The van der Waals surface area contributed by atoms with Crippen LogP contribution in [0, 0.1) is 30.9 Å². The zero-order valence-corrected chi connectivity index (χ0v) is 12.9. The first-order valence-electron chi connectivity index (χ1n) is 5.94. The lowest BCUT2D eigenvalue weighted by Crippen LogP contribution is -1.98. The van der Waals surface area contributed by atoms with Gasteiger partial charge in [0.25, 0.3) is 5.88 Å². The predicted octanol–water partition coefficient (Wildman–Crippen LogP) is 4.47. The fraction of sp³-hybridized carbons (Fsp3) is 0.214. The molecule has 0 aliphatic rings. The van der Waals surface area contributed by atoms with E-state index in [1.54, 1.807) is 13.0 Å². The van der Waals surface area contributed by atoms with Crippen LogP contribution in [-0.4, -0.2) is 9.91 Å². The summed E-state index contributed by atoms with van der Waals surface area (Å²) in [6.45, 7) is 5.52. The van der Waals surface area contributed by atoms with Gasteiger partial charge in [-0.05, 0) is 50.1 Å². The SMILES string of the molecule is Cc1cc(Oc2nccc(C)c2[N+](=O)[O-])cc(C)c1Br. The van der Waals surface area contributed by atoms with Crippen molar-refractivity contribution in [3.05, 3.63) is 55.7 Å². The topological polar surface area (TPSA) is 65.3 Å². The highest BCUT2D eigenvalue weighted by Crippen LogP contribution is 2.34. The number of benzene rings is 1. The first-order chi connectivity index (χ1) is 9.40. The maximum atomic E-state index is 11.1. The van der Waals surface area contributed by atoms with Crippen molar-refractivity contribution in [2.24, 2.45) is 0 Å². The molecule has 0 amide bonds.